The molecule has 2 aromatic rings. The van der Waals surface area contributed by atoms with E-state index in [0.29, 0.717) is 6.54 Å². The van der Waals surface area contributed by atoms with E-state index < -0.39 is 0 Å². The van der Waals surface area contributed by atoms with Crippen molar-refractivity contribution in [3.8, 4) is 0 Å². The van der Waals surface area contributed by atoms with Gasteiger partial charge in [0.1, 0.15) is 0 Å². The summed E-state index contributed by atoms with van der Waals surface area (Å²) in [5.74, 6) is 0. The first-order chi connectivity index (χ1) is 8.88. The van der Waals surface area contributed by atoms with E-state index in [-0.39, 0.29) is 5.41 Å². The van der Waals surface area contributed by atoms with Crippen LogP contribution in [0.5, 0.6) is 0 Å². The van der Waals surface area contributed by atoms with Crippen molar-refractivity contribution in [1.82, 2.24) is 4.98 Å². The maximum absolute atomic E-state index is 6.19. The summed E-state index contributed by atoms with van der Waals surface area (Å²) in [6.45, 7) is 9.30. The van der Waals surface area contributed by atoms with Crippen molar-refractivity contribution in [3.63, 3.8) is 0 Å². The molecule has 0 spiro atoms. The minimum absolute atomic E-state index is 0.114. The fraction of sp³-hybridized carbons (Fsp3) is 0.400. The summed E-state index contributed by atoms with van der Waals surface area (Å²) in [4.78, 5) is 4.67. The molecular weight excluding hydrogens is 276 g/mol. The number of thiazole rings is 1. The van der Waals surface area contributed by atoms with E-state index in [9.17, 15) is 0 Å². The van der Waals surface area contributed by atoms with Gasteiger partial charge in [-0.3, -0.25) is 0 Å². The maximum Gasteiger partial charge on any atom is 0.0982 e. The first-order valence-electron chi connectivity index (χ1n) is 6.32. The van der Waals surface area contributed by atoms with Crippen molar-refractivity contribution in [3.05, 3.63) is 44.9 Å². The molecule has 1 N–H and O–H groups in total. The van der Waals surface area contributed by atoms with Crippen molar-refractivity contribution in [2.45, 2.75) is 39.7 Å². The van der Waals surface area contributed by atoms with E-state index in [1.807, 2.05) is 12.1 Å². The van der Waals surface area contributed by atoms with Crippen LogP contribution in [0.1, 0.15) is 37.0 Å². The first-order valence-corrected chi connectivity index (χ1v) is 7.57. The Labute approximate surface area is 123 Å². The number of nitrogens with one attached hydrogen (secondary N) is 1. The van der Waals surface area contributed by atoms with E-state index in [1.54, 1.807) is 11.3 Å². The number of anilines is 1. The van der Waals surface area contributed by atoms with E-state index in [1.165, 1.54) is 5.01 Å². The van der Waals surface area contributed by atoms with Crippen LogP contribution in [0.15, 0.2) is 23.6 Å². The van der Waals surface area contributed by atoms with Crippen molar-refractivity contribution >= 4 is 28.6 Å². The fourth-order valence-corrected chi connectivity index (χ4v) is 2.96. The number of aromatic nitrogens is 1. The molecule has 4 heteroatoms. The van der Waals surface area contributed by atoms with Crippen LogP contribution in [-0.2, 0) is 12.0 Å². The Kier molecular flexibility index (Phi) is 4.16. The maximum atomic E-state index is 6.19. The van der Waals surface area contributed by atoms with Gasteiger partial charge in [-0.2, -0.15) is 0 Å². The highest BCUT2D eigenvalue weighted by Gasteiger charge is 2.17. The Morgan fingerprint density at radius 3 is 2.63 bits per heavy atom. The molecular formula is C15H19ClN2S. The van der Waals surface area contributed by atoms with E-state index in [0.717, 1.165) is 22.0 Å². The predicted octanol–water partition coefficient (Wildman–Crippen LogP) is 5.01. The molecule has 1 heterocycles. The van der Waals surface area contributed by atoms with Crippen LogP contribution in [0.25, 0.3) is 0 Å². The van der Waals surface area contributed by atoms with Crippen LogP contribution >= 0.6 is 22.9 Å². The molecule has 0 unspecified atom stereocenters. The number of hydrogen-bond donors (Lipinski definition) is 1. The number of aryl methyl sites for hydroxylation is 1. The molecule has 0 saturated heterocycles. The largest absolute Gasteiger partial charge is 0.378 e. The normalized spacial score (nSPS) is 11.6. The molecule has 2 rings (SSSR count). The molecule has 0 aliphatic rings. The van der Waals surface area contributed by atoms with E-state index in [4.69, 9.17) is 11.6 Å². The van der Waals surface area contributed by atoms with Crippen LogP contribution in [0.2, 0.25) is 5.02 Å². The highest BCUT2D eigenvalue weighted by Crippen LogP contribution is 2.28. The summed E-state index contributed by atoms with van der Waals surface area (Å²) >= 11 is 7.91. The third kappa shape index (κ3) is 3.48. The number of hydrogen-bond acceptors (Lipinski definition) is 3. The van der Waals surface area contributed by atoms with Gasteiger partial charge in [0.2, 0.25) is 0 Å². The van der Waals surface area contributed by atoms with E-state index in [2.05, 4.69) is 49.4 Å². The van der Waals surface area contributed by atoms with Gasteiger partial charge in [0.15, 0.2) is 0 Å². The molecule has 0 radical (unpaired) electrons. The van der Waals surface area contributed by atoms with Crippen LogP contribution in [-0.4, -0.2) is 4.98 Å². The molecule has 102 valence electrons. The molecule has 0 amide bonds. The van der Waals surface area contributed by atoms with Gasteiger partial charge in [0.25, 0.3) is 0 Å². The number of benzene rings is 1. The predicted molar refractivity (Wildman–Crippen MR) is 84.3 cm³/mol. The van der Waals surface area contributed by atoms with Crippen molar-refractivity contribution in [2.75, 3.05) is 5.32 Å². The summed E-state index contributed by atoms with van der Waals surface area (Å²) in [5.41, 5.74) is 3.32. The highest BCUT2D eigenvalue weighted by atomic mass is 35.5. The zero-order valence-electron chi connectivity index (χ0n) is 11.7. The number of nitrogens with zero attached hydrogens (tertiary/aromatic N) is 1. The average Bonchev–Trinajstić information content (AvgIpc) is 2.77. The second-order valence-electron chi connectivity index (χ2n) is 5.68. The Hall–Kier alpha value is -1.06. The van der Waals surface area contributed by atoms with Crippen molar-refractivity contribution in [1.29, 1.82) is 0 Å². The van der Waals surface area contributed by atoms with Gasteiger partial charge >= 0.3 is 0 Å². The minimum atomic E-state index is 0.114. The van der Waals surface area contributed by atoms with Crippen LogP contribution in [0.4, 0.5) is 5.69 Å². The molecule has 0 bridgehead atoms. The minimum Gasteiger partial charge on any atom is -0.378 e. The molecule has 0 fully saturated rings. The number of rotatable bonds is 3. The third-order valence-corrected chi connectivity index (χ3v) is 4.49. The van der Waals surface area contributed by atoms with Crippen molar-refractivity contribution in [2.24, 2.45) is 0 Å². The third-order valence-electron chi connectivity index (χ3n) is 2.86. The van der Waals surface area contributed by atoms with Gasteiger partial charge in [0, 0.05) is 10.8 Å². The topological polar surface area (TPSA) is 24.9 Å². The molecule has 2 nitrogen and oxygen atoms in total. The number of halogens is 1. The summed E-state index contributed by atoms with van der Waals surface area (Å²) in [6.07, 6.45) is 0. The lowest BCUT2D eigenvalue weighted by molar-refractivity contribution is 0.583. The SMILES string of the molecule is Cc1cccc(Cl)c1NCc1csc(C(C)(C)C)n1. The van der Waals surface area contributed by atoms with Gasteiger partial charge in [-0.25, -0.2) is 4.98 Å². The van der Waals surface area contributed by atoms with Gasteiger partial charge < -0.3 is 5.32 Å². The average molecular weight is 295 g/mol. The smallest absolute Gasteiger partial charge is 0.0982 e. The van der Waals surface area contributed by atoms with Crippen molar-refractivity contribution < 1.29 is 0 Å². The molecule has 0 atom stereocenters. The quantitative estimate of drug-likeness (QED) is 0.860. The number of para-hydroxylation sites is 1. The van der Waals surface area contributed by atoms with E-state index >= 15 is 0 Å². The van der Waals surface area contributed by atoms with Gasteiger partial charge in [-0.15, -0.1) is 11.3 Å². The Morgan fingerprint density at radius 2 is 2.05 bits per heavy atom. The zero-order chi connectivity index (χ0) is 14.0. The Balaban J connectivity index is 2.09. The standard InChI is InChI=1S/C15H19ClN2S/c1-10-6-5-7-12(16)13(10)17-8-11-9-19-14(18-11)15(2,3)4/h5-7,9,17H,8H2,1-4H3. The summed E-state index contributed by atoms with van der Waals surface area (Å²) in [7, 11) is 0. The molecule has 0 aliphatic carbocycles. The zero-order valence-corrected chi connectivity index (χ0v) is 13.3. The fourth-order valence-electron chi connectivity index (χ4n) is 1.77. The molecule has 1 aromatic carbocycles. The lowest BCUT2D eigenvalue weighted by Crippen LogP contribution is -2.11. The van der Waals surface area contributed by atoms with Crippen LogP contribution in [0, 0.1) is 6.92 Å². The summed E-state index contributed by atoms with van der Waals surface area (Å²) in [5, 5.41) is 7.41. The highest BCUT2D eigenvalue weighted by molar-refractivity contribution is 7.09. The lowest BCUT2D eigenvalue weighted by atomic mass is 9.98. The van der Waals surface area contributed by atoms with Gasteiger partial charge in [-0.05, 0) is 18.6 Å². The Bertz CT molecular complexity index is 550. The Morgan fingerprint density at radius 1 is 1.32 bits per heavy atom. The molecule has 0 aliphatic heterocycles. The van der Waals surface area contributed by atoms with Crippen LogP contribution < -0.4 is 5.32 Å². The monoisotopic (exact) mass is 294 g/mol. The van der Waals surface area contributed by atoms with Gasteiger partial charge in [0.05, 0.1) is 28.0 Å². The molecule has 1 aromatic heterocycles. The second kappa shape index (κ2) is 5.51. The van der Waals surface area contributed by atoms with Crippen LogP contribution in [0.3, 0.4) is 0 Å². The lowest BCUT2D eigenvalue weighted by Gasteiger charge is -2.14. The molecule has 19 heavy (non-hydrogen) atoms. The summed E-state index contributed by atoms with van der Waals surface area (Å²) < 4.78 is 0. The first kappa shape index (κ1) is 14.4. The molecule has 0 saturated carbocycles. The van der Waals surface area contributed by atoms with Gasteiger partial charge in [-0.1, -0.05) is 44.5 Å². The summed E-state index contributed by atoms with van der Waals surface area (Å²) in [6, 6.07) is 5.91. The second-order valence-corrected chi connectivity index (χ2v) is 6.94.